The number of hydrogen-bond donors (Lipinski definition) is 1. The van der Waals surface area contributed by atoms with Crippen LogP contribution in [0.5, 0.6) is 0 Å². The van der Waals surface area contributed by atoms with E-state index in [1.54, 1.807) is 17.4 Å². The van der Waals surface area contributed by atoms with Gasteiger partial charge >= 0.3 is 0 Å². The van der Waals surface area contributed by atoms with Crippen LogP contribution in [0, 0.1) is 0 Å². The zero-order valence-electron chi connectivity index (χ0n) is 9.84. The van der Waals surface area contributed by atoms with Gasteiger partial charge in [-0.25, -0.2) is 4.98 Å². The van der Waals surface area contributed by atoms with Gasteiger partial charge in [0.25, 0.3) is 0 Å². The van der Waals surface area contributed by atoms with Crippen LogP contribution in [0.4, 0.5) is 11.5 Å². The van der Waals surface area contributed by atoms with Crippen molar-refractivity contribution in [3.05, 3.63) is 39.7 Å². The molecule has 0 amide bonds. The lowest BCUT2D eigenvalue weighted by atomic mass is 10.3. The van der Waals surface area contributed by atoms with E-state index in [4.69, 9.17) is 17.3 Å². The van der Waals surface area contributed by atoms with Crippen LogP contribution in [0.1, 0.15) is 17.7 Å². The number of hydrogen-bond acceptors (Lipinski definition) is 4. The zero-order valence-corrected chi connectivity index (χ0v) is 11.4. The van der Waals surface area contributed by atoms with Crippen LogP contribution in [0.15, 0.2) is 29.6 Å². The maximum absolute atomic E-state index is 5.99. The van der Waals surface area contributed by atoms with Crippen molar-refractivity contribution in [2.24, 2.45) is 0 Å². The number of halogens is 1. The SMILES string of the molecule is Nc1cc(Cl)nc(N(Cc2cccs2)C2CC2)c1. The van der Waals surface area contributed by atoms with E-state index in [9.17, 15) is 0 Å². The fraction of sp³-hybridized carbons (Fsp3) is 0.308. The van der Waals surface area contributed by atoms with Gasteiger partial charge in [0.15, 0.2) is 0 Å². The maximum Gasteiger partial charge on any atom is 0.133 e. The van der Waals surface area contributed by atoms with Crippen molar-refractivity contribution < 1.29 is 0 Å². The van der Waals surface area contributed by atoms with Crippen molar-refractivity contribution in [3.8, 4) is 0 Å². The molecule has 1 fully saturated rings. The van der Waals surface area contributed by atoms with Gasteiger partial charge in [-0.2, -0.15) is 0 Å². The fourth-order valence-electron chi connectivity index (χ4n) is 2.00. The first-order chi connectivity index (χ1) is 8.72. The van der Waals surface area contributed by atoms with Gasteiger partial charge in [0, 0.05) is 22.7 Å². The predicted octanol–water partition coefficient (Wildman–Crippen LogP) is 3.55. The summed E-state index contributed by atoms with van der Waals surface area (Å²) in [5.41, 5.74) is 6.51. The maximum atomic E-state index is 5.99. The predicted molar refractivity (Wildman–Crippen MR) is 77.2 cm³/mol. The standard InChI is InChI=1S/C13H14ClN3S/c14-12-6-9(15)7-13(16-12)17(10-3-4-10)8-11-2-1-5-18-11/h1-2,5-7,10H,3-4,8H2,(H2,15,16). The molecule has 3 nitrogen and oxygen atoms in total. The van der Waals surface area contributed by atoms with E-state index in [1.807, 2.05) is 6.07 Å². The molecule has 94 valence electrons. The summed E-state index contributed by atoms with van der Waals surface area (Å²) >= 11 is 7.75. The second kappa shape index (κ2) is 4.78. The van der Waals surface area contributed by atoms with Gasteiger partial charge in [-0.1, -0.05) is 17.7 Å². The molecular formula is C13H14ClN3S. The van der Waals surface area contributed by atoms with Crippen molar-refractivity contribution in [2.45, 2.75) is 25.4 Å². The van der Waals surface area contributed by atoms with Crippen LogP contribution in [0.3, 0.4) is 0 Å². The minimum absolute atomic E-state index is 0.460. The smallest absolute Gasteiger partial charge is 0.133 e. The first-order valence-electron chi connectivity index (χ1n) is 5.94. The van der Waals surface area contributed by atoms with Crippen molar-refractivity contribution >= 4 is 34.4 Å². The van der Waals surface area contributed by atoms with Crippen molar-refractivity contribution in [1.82, 2.24) is 4.98 Å². The number of nitrogen functional groups attached to an aromatic ring is 1. The molecule has 1 aliphatic rings. The van der Waals surface area contributed by atoms with E-state index in [0.29, 0.717) is 16.9 Å². The molecule has 2 aromatic heterocycles. The molecule has 0 unspecified atom stereocenters. The summed E-state index contributed by atoms with van der Waals surface area (Å²) < 4.78 is 0. The number of thiophene rings is 1. The summed E-state index contributed by atoms with van der Waals surface area (Å²) in [5.74, 6) is 0.885. The van der Waals surface area contributed by atoms with Crippen molar-refractivity contribution in [2.75, 3.05) is 10.6 Å². The van der Waals surface area contributed by atoms with Crippen molar-refractivity contribution in [3.63, 3.8) is 0 Å². The third-order valence-corrected chi connectivity index (χ3v) is 4.05. The number of anilines is 2. The highest BCUT2D eigenvalue weighted by Crippen LogP contribution is 2.34. The number of rotatable bonds is 4. The summed E-state index contributed by atoms with van der Waals surface area (Å²) in [4.78, 5) is 8.03. The third kappa shape index (κ3) is 2.60. The lowest BCUT2D eigenvalue weighted by molar-refractivity contribution is 0.787. The van der Waals surface area contributed by atoms with Crippen LogP contribution >= 0.6 is 22.9 Å². The minimum atomic E-state index is 0.460. The summed E-state index contributed by atoms with van der Waals surface area (Å²) in [6.07, 6.45) is 2.44. The average Bonchev–Trinajstić information content (AvgIpc) is 3.02. The van der Waals surface area contributed by atoms with E-state index in [0.717, 1.165) is 12.4 Å². The van der Waals surface area contributed by atoms with Crippen LogP contribution in [0.2, 0.25) is 5.15 Å². The Balaban J connectivity index is 1.89. The Morgan fingerprint density at radius 1 is 1.44 bits per heavy atom. The van der Waals surface area contributed by atoms with Gasteiger partial charge in [-0.15, -0.1) is 11.3 Å². The molecule has 2 aromatic rings. The molecule has 0 aliphatic heterocycles. The zero-order chi connectivity index (χ0) is 12.5. The lowest BCUT2D eigenvalue weighted by Crippen LogP contribution is -2.25. The Hall–Kier alpha value is -1.26. The van der Waals surface area contributed by atoms with Gasteiger partial charge in [-0.05, 0) is 30.4 Å². The third-order valence-electron chi connectivity index (χ3n) is 2.99. The van der Waals surface area contributed by atoms with E-state index in [-0.39, 0.29) is 0 Å². The molecule has 1 aliphatic carbocycles. The topological polar surface area (TPSA) is 42.1 Å². The largest absolute Gasteiger partial charge is 0.399 e. The van der Waals surface area contributed by atoms with E-state index >= 15 is 0 Å². The van der Waals surface area contributed by atoms with Crippen LogP contribution < -0.4 is 10.6 Å². The minimum Gasteiger partial charge on any atom is -0.399 e. The molecule has 0 radical (unpaired) electrons. The summed E-state index contributed by atoms with van der Waals surface area (Å²) in [6, 6.07) is 8.38. The molecule has 2 N–H and O–H groups in total. The monoisotopic (exact) mass is 279 g/mol. The van der Waals surface area contributed by atoms with Gasteiger partial charge in [0.1, 0.15) is 11.0 Å². The Labute approximate surface area is 115 Å². The van der Waals surface area contributed by atoms with Crippen molar-refractivity contribution in [1.29, 1.82) is 0 Å². The molecule has 0 saturated heterocycles. The first-order valence-corrected chi connectivity index (χ1v) is 7.20. The molecule has 0 aromatic carbocycles. The Morgan fingerprint density at radius 2 is 2.28 bits per heavy atom. The summed E-state index contributed by atoms with van der Waals surface area (Å²) in [7, 11) is 0. The second-order valence-corrected chi connectivity index (χ2v) is 5.94. The highest BCUT2D eigenvalue weighted by molar-refractivity contribution is 7.09. The Morgan fingerprint density at radius 3 is 2.89 bits per heavy atom. The molecule has 0 atom stereocenters. The average molecular weight is 280 g/mol. The van der Waals surface area contributed by atoms with Gasteiger partial charge in [-0.3, -0.25) is 0 Å². The molecule has 1 saturated carbocycles. The Kier molecular flexibility index (Phi) is 3.14. The number of pyridine rings is 1. The quantitative estimate of drug-likeness (QED) is 0.871. The first kappa shape index (κ1) is 11.8. The second-order valence-electron chi connectivity index (χ2n) is 4.52. The van der Waals surface area contributed by atoms with E-state index < -0.39 is 0 Å². The molecule has 18 heavy (non-hydrogen) atoms. The molecule has 2 heterocycles. The van der Waals surface area contributed by atoms with Gasteiger partial charge in [0.2, 0.25) is 0 Å². The van der Waals surface area contributed by atoms with E-state index in [2.05, 4.69) is 27.4 Å². The lowest BCUT2D eigenvalue weighted by Gasteiger charge is -2.23. The van der Waals surface area contributed by atoms with E-state index in [1.165, 1.54) is 17.7 Å². The number of nitrogens with zero attached hydrogens (tertiary/aromatic N) is 2. The van der Waals surface area contributed by atoms with Crippen LogP contribution in [0.25, 0.3) is 0 Å². The molecule has 3 rings (SSSR count). The van der Waals surface area contributed by atoms with Gasteiger partial charge < -0.3 is 10.6 Å². The normalized spacial score (nSPS) is 14.7. The highest BCUT2D eigenvalue weighted by atomic mass is 35.5. The summed E-state index contributed by atoms with van der Waals surface area (Å²) in [5, 5.41) is 2.56. The number of nitrogens with two attached hydrogens (primary N) is 1. The Bertz CT molecular complexity index is 517. The molecule has 5 heteroatoms. The molecular weight excluding hydrogens is 266 g/mol. The van der Waals surface area contributed by atoms with Crippen LogP contribution in [-0.4, -0.2) is 11.0 Å². The fourth-order valence-corrected chi connectivity index (χ4v) is 2.92. The summed E-state index contributed by atoms with van der Waals surface area (Å²) in [6.45, 7) is 0.884. The van der Waals surface area contributed by atoms with Crippen LogP contribution in [-0.2, 0) is 6.54 Å². The highest BCUT2D eigenvalue weighted by Gasteiger charge is 2.30. The number of aromatic nitrogens is 1. The molecule has 0 bridgehead atoms. The van der Waals surface area contributed by atoms with Gasteiger partial charge in [0.05, 0.1) is 6.54 Å². The molecule has 0 spiro atoms.